The second kappa shape index (κ2) is 5.24. The second-order valence-electron chi connectivity index (χ2n) is 4.06. The van der Waals surface area contributed by atoms with Gasteiger partial charge >= 0.3 is 5.97 Å². The summed E-state index contributed by atoms with van der Waals surface area (Å²) in [5.74, 6) is -0.940. The largest absolute Gasteiger partial charge is 0.477 e. The van der Waals surface area contributed by atoms with Crippen molar-refractivity contribution >= 4 is 17.3 Å². The summed E-state index contributed by atoms with van der Waals surface area (Å²) in [4.78, 5) is 21.8. The first-order valence-corrected chi connectivity index (χ1v) is 6.17. The van der Waals surface area contributed by atoms with Crippen LogP contribution in [0, 0.1) is 0 Å². The van der Waals surface area contributed by atoms with E-state index in [4.69, 9.17) is 0 Å². The number of carboxylic acids is 1. The fourth-order valence-corrected chi connectivity index (χ4v) is 2.60. The molecule has 1 N–H and O–H groups in total. The summed E-state index contributed by atoms with van der Waals surface area (Å²) in [7, 11) is 3.85. The summed E-state index contributed by atoms with van der Waals surface area (Å²) in [6.45, 7) is 0.635. The van der Waals surface area contributed by atoms with Gasteiger partial charge in [-0.25, -0.2) is 9.78 Å². The average molecular weight is 263 g/mol. The van der Waals surface area contributed by atoms with Gasteiger partial charge in [-0.3, -0.25) is 4.98 Å². The number of hydrogen-bond donors (Lipinski definition) is 1. The molecule has 0 unspecified atom stereocenters. The van der Waals surface area contributed by atoms with Gasteiger partial charge < -0.3 is 10.0 Å². The van der Waals surface area contributed by atoms with Crippen molar-refractivity contribution in [2.45, 2.75) is 6.54 Å². The van der Waals surface area contributed by atoms with E-state index in [0.717, 1.165) is 10.6 Å². The fourth-order valence-electron chi connectivity index (χ4n) is 1.55. The van der Waals surface area contributed by atoms with Crippen LogP contribution in [0.5, 0.6) is 0 Å². The number of thiazole rings is 1. The van der Waals surface area contributed by atoms with E-state index in [9.17, 15) is 9.90 Å². The maximum Gasteiger partial charge on any atom is 0.348 e. The van der Waals surface area contributed by atoms with E-state index in [2.05, 4.69) is 9.97 Å². The van der Waals surface area contributed by atoms with Crippen molar-refractivity contribution in [1.82, 2.24) is 14.9 Å². The summed E-state index contributed by atoms with van der Waals surface area (Å²) in [5.41, 5.74) is 1.30. The van der Waals surface area contributed by atoms with Crippen molar-refractivity contribution in [3.8, 4) is 11.3 Å². The minimum absolute atomic E-state index is 0.276. The van der Waals surface area contributed by atoms with Crippen molar-refractivity contribution in [2.75, 3.05) is 14.1 Å². The number of aromatic carboxylic acids is 1. The highest BCUT2D eigenvalue weighted by molar-refractivity contribution is 7.14. The maximum atomic E-state index is 11.2. The van der Waals surface area contributed by atoms with Crippen LogP contribution in [-0.2, 0) is 6.54 Å². The second-order valence-corrected chi connectivity index (χ2v) is 5.15. The van der Waals surface area contributed by atoms with E-state index in [1.165, 1.54) is 11.3 Å². The molecule has 0 fully saturated rings. The predicted molar refractivity (Wildman–Crippen MR) is 69.7 cm³/mol. The van der Waals surface area contributed by atoms with Crippen molar-refractivity contribution in [2.24, 2.45) is 0 Å². The summed E-state index contributed by atoms with van der Waals surface area (Å²) >= 11 is 1.22. The highest BCUT2D eigenvalue weighted by Crippen LogP contribution is 2.28. The molecule has 2 heterocycles. The fraction of sp³-hybridized carbons (Fsp3) is 0.250. The van der Waals surface area contributed by atoms with E-state index < -0.39 is 5.97 Å². The molecule has 6 heteroatoms. The lowest BCUT2D eigenvalue weighted by Crippen LogP contribution is -2.10. The Morgan fingerprint density at radius 2 is 2.06 bits per heavy atom. The van der Waals surface area contributed by atoms with Crippen LogP contribution >= 0.6 is 11.3 Å². The molecular weight excluding hydrogens is 250 g/mol. The van der Waals surface area contributed by atoms with Gasteiger partial charge in [0.15, 0.2) is 0 Å². The predicted octanol–water partition coefficient (Wildman–Crippen LogP) is 1.96. The Kier molecular flexibility index (Phi) is 3.69. The Morgan fingerprint density at radius 1 is 1.39 bits per heavy atom. The Morgan fingerprint density at radius 3 is 2.61 bits per heavy atom. The van der Waals surface area contributed by atoms with Crippen molar-refractivity contribution in [3.63, 3.8) is 0 Å². The quantitative estimate of drug-likeness (QED) is 0.913. The van der Waals surface area contributed by atoms with E-state index in [1.807, 2.05) is 19.0 Å². The average Bonchev–Trinajstić information content (AvgIpc) is 2.73. The van der Waals surface area contributed by atoms with Gasteiger partial charge in [-0.1, -0.05) is 0 Å². The standard InChI is InChI=1S/C12H13N3O2S/c1-15(2)7-9-14-10(11(18-9)12(16)17)8-3-5-13-6-4-8/h3-6H,7H2,1-2H3,(H,16,17). The van der Waals surface area contributed by atoms with Crippen LogP contribution in [0.3, 0.4) is 0 Å². The molecule has 0 aliphatic rings. The first-order valence-electron chi connectivity index (χ1n) is 5.36. The molecule has 2 aromatic heterocycles. The molecule has 0 saturated heterocycles. The molecule has 0 bridgehead atoms. The summed E-state index contributed by atoms with van der Waals surface area (Å²) in [5, 5.41) is 10.0. The Bertz CT molecular complexity index is 552. The van der Waals surface area contributed by atoms with Gasteiger partial charge in [0.05, 0.1) is 5.69 Å². The van der Waals surface area contributed by atoms with Gasteiger partial charge in [0.2, 0.25) is 0 Å². The zero-order valence-electron chi connectivity index (χ0n) is 10.1. The molecule has 0 radical (unpaired) electrons. The third-order valence-electron chi connectivity index (χ3n) is 2.27. The van der Waals surface area contributed by atoms with Crippen LogP contribution in [0.15, 0.2) is 24.5 Å². The molecule has 18 heavy (non-hydrogen) atoms. The van der Waals surface area contributed by atoms with Crippen molar-refractivity contribution in [1.29, 1.82) is 0 Å². The first-order chi connectivity index (χ1) is 8.58. The number of carbonyl (C=O) groups is 1. The van der Waals surface area contributed by atoms with Gasteiger partial charge in [0, 0.05) is 24.5 Å². The van der Waals surface area contributed by atoms with Crippen LogP contribution in [-0.4, -0.2) is 40.0 Å². The molecule has 0 aliphatic heterocycles. The van der Waals surface area contributed by atoms with Gasteiger partial charge in [0.25, 0.3) is 0 Å². The molecule has 94 valence electrons. The minimum Gasteiger partial charge on any atom is -0.477 e. The highest BCUT2D eigenvalue weighted by Gasteiger charge is 2.18. The zero-order valence-corrected chi connectivity index (χ0v) is 10.9. The van der Waals surface area contributed by atoms with E-state index in [-0.39, 0.29) is 4.88 Å². The van der Waals surface area contributed by atoms with Gasteiger partial charge in [0.1, 0.15) is 9.88 Å². The van der Waals surface area contributed by atoms with E-state index in [0.29, 0.717) is 12.2 Å². The molecule has 0 aromatic carbocycles. The smallest absolute Gasteiger partial charge is 0.348 e. The molecule has 0 aliphatic carbocycles. The SMILES string of the molecule is CN(C)Cc1nc(-c2ccncc2)c(C(=O)O)s1. The van der Waals surface area contributed by atoms with Gasteiger partial charge in [-0.2, -0.15) is 0 Å². The lowest BCUT2D eigenvalue weighted by molar-refractivity contribution is 0.0702. The Balaban J connectivity index is 2.45. The van der Waals surface area contributed by atoms with Gasteiger partial charge in [-0.15, -0.1) is 11.3 Å². The molecule has 0 atom stereocenters. The lowest BCUT2D eigenvalue weighted by Gasteiger charge is -2.04. The summed E-state index contributed by atoms with van der Waals surface area (Å²) in [6.07, 6.45) is 3.26. The minimum atomic E-state index is -0.940. The number of nitrogens with zero attached hydrogens (tertiary/aromatic N) is 3. The topological polar surface area (TPSA) is 66.3 Å². The zero-order chi connectivity index (χ0) is 13.1. The summed E-state index contributed by atoms with van der Waals surface area (Å²) < 4.78 is 0. The number of aromatic nitrogens is 2. The number of carboxylic acid groups (broad SMARTS) is 1. The van der Waals surface area contributed by atoms with Crippen LogP contribution in [0.1, 0.15) is 14.7 Å². The van der Waals surface area contributed by atoms with E-state index >= 15 is 0 Å². The summed E-state index contributed by atoms with van der Waals surface area (Å²) in [6, 6.07) is 3.53. The normalized spacial score (nSPS) is 10.8. The van der Waals surface area contributed by atoms with E-state index in [1.54, 1.807) is 24.5 Å². The molecule has 0 amide bonds. The van der Waals surface area contributed by atoms with Crippen LogP contribution in [0.4, 0.5) is 0 Å². The first kappa shape index (κ1) is 12.7. The van der Waals surface area contributed by atoms with Gasteiger partial charge in [-0.05, 0) is 26.2 Å². The third kappa shape index (κ3) is 2.72. The lowest BCUT2D eigenvalue weighted by atomic mass is 10.2. The molecule has 2 aromatic rings. The Hall–Kier alpha value is -1.79. The Labute approximate surface area is 109 Å². The highest BCUT2D eigenvalue weighted by atomic mass is 32.1. The van der Waals surface area contributed by atoms with Crippen LogP contribution in [0.2, 0.25) is 0 Å². The molecular formula is C12H13N3O2S. The van der Waals surface area contributed by atoms with Crippen LogP contribution < -0.4 is 0 Å². The number of hydrogen-bond acceptors (Lipinski definition) is 5. The number of pyridine rings is 1. The molecule has 0 spiro atoms. The van der Waals surface area contributed by atoms with Crippen molar-refractivity contribution < 1.29 is 9.90 Å². The van der Waals surface area contributed by atoms with Crippen LogP contribution in [0.25, 0.3) is 11.3 Å². The molecule has 2 rings (SSSR count). The molecule has 0 saturated carbocycles. The monoisotopic (exact) mass is 263 g/mol. The maximum absolute atomic E-state index is 11.2. The molecule has 5 nitrogen and oxygen atoms in total. The third-order valence-corrected chi connectivity index (χ3v) is 3.30. The van der Waals surface area contributed by atoms with Crippen molar-refractivity contribution in [3.05, 3.63) is 34.4 Å². The number of rotatable bonds is 4.